The summed E-state index contributed by atoms with van der Waals surface area (Å²) in [6.45, 7) is 8.01. The number of pyridine rings is 1. The quantitative estimate of drug-likeness (QED) is 0.551. The summed E-state index contributed by atoms with van der Waals surface area (Å²) in [5, 5.41) is 12.5. The van der Waals surface area contributed by atoms with Crippen LogP contribution >= 0.6 is 0 Å². The first-order valence-corrected chi connectivity index (χ1v) is 12.4. The van der Waals surface area contributed by atoms with Gasteiger partial charge in [-0.05, 0) is 68.8 Å². The zero-order valence-corrected chi connectivity index (χ0v) is 20.3. The molecular formula is C27H32N6O2. The molecular weight excluding hydrogens is 440 g/mol. The van der Waals surface area contributed by atoms with Gasteiger partial charge in [0.05, 0.1) is 41.5 Å². The van der Waals surface area contributed by atoms with Crippen LogP contribution < -0.4 is 5.32 Å². The molecule has 1 N–H and O–H groups in total. The van der Waals surface area contributed by atoms with E-state index in [9.17, 15) is 10.1 Å². The molecule has 0 aliphatic carbocycles. The molecule has 0 radical (unpaired) electrons. The lowest BCUT2D eigenvalue weighted by molar-refractivity contribution is 0.0408. The summed E-state index contributed by atoms with van der Waals surface area (Å²) in [4.78, 5) is 22.9. The molecule has 0 amide bonds. The predicted molar refractivity (Wildman–Crippen MR) is 134 cm³/mol. The van der Waals surface area contributed by atoms with Gasteiger partial charge in [0.25, 0.3) is 0 Å². The largest absolute Gasteiger partial charge is 0.351 e. The van der Waals surface area contributed by atoms with E-state index >= 15 is 0 Å². The molecule has 8 nitrogen and oxygen atoms in total. The van der Waals surface area contributed by atoms with Crippen LogP contribution in [-0.4, -0.2) is 71.3 Å². The van der Waals surface area contributed by atoms with Crippen molar-refractivity contribution in [1.29, 1.82) is 5.26 Å². The van der Waals surface area contributed by atoms with Crippen LogP contribution in [-0.2, 0) is 11.3 Å². The second-order valence-electron chi connectivity index (χ2n) is 9.46. The number of nitrogens with zero attached hydrogens (tertiary/aromatic N) is 5. The normalized spacial score (nSPS) is 17.8. The van der Waals surface area contributed by atoms with Crippen molar-refractivity contribution >= 4 is 16.8 Å². The van der Waals surface area contributed by atoms with Crippen LogP contribution in [0.2, 0.25) is 0 Å². The monoisotopic (exact) mass is 472 g/mol. The van der Waals surface area contributed by atoms with Gasteiger partial charge in [-0.3, -0.25) is 24.9 Å². The zero-order chi connectivity index (χ0) is 24.2. The molecule has 8 heteroatoms. The highest BCUT2D eigenvalue weighted by atomic mass is 16.5. The molecule has 182 valence electrons. The number of nitrogens with one attached hydrogen (secondary N) is 1. The highest BCUT2D eigenvalue weighted by Crippen LogP contribution is 2.30. The van der Waals surface area contributed by atoms with E-state index in [0.29, 0.717) is 31.1 Å². The smallest absolute Gasteiger partial charge is 0.180 e. The van der Waals surface area contributed by atoms with Gasteiger partial charge in [-0.2, -0.15) is 5.26 Å². The summed E-state index contributed by atoms with van der Waals surface area (Å²) in [5.41, 5.74) is 5.85. The van der Waals surface area contributed by atoms with Crippen LogP contribution in [0, 0.1) is 18.3 Å². The number of carbonyl (C=O) groups is 1. The second-order valence-corrected chi connectivity index (χ2v) is 9.46. The predicted octanol–water partition coefficient (Wildman–Crippen LogP) is 3.21. The molecule has 5 rings (SSSR count). The number of piperidine rings is 1. The second kappa shape index (κ2) is 10.7. The van der Waals surface area contributed by atoms with E-state index in [1.807, 2.05) is 37.4 Å². The number of nitriles is 1. The van der Waals surface area contributed by atoms with E-state index in [-0.39, 0.29) is 5.78 Å². The van der Waals surface area contributed by atoms with Gasteiger partial charge in [-0.15, -0.1) is 0 Å². The number of ether oxygens (including phenoxy) is 1. The van der Waals surface area contributed by atoms with Crippen LogP contribution in [0.5, 0.6) is 0 Å². The number of fused-ring (bicyclic) bond motifs is 1. The summed E-state index contributed by atoms with van der Waals surface area (Å²) >= 11 is 0. The lowest BCUT2D eigenvalue weighted by Crippen LogP contribution is -2.34. The first kappa shape index (κ1) is 23.6. The Kier molecular flexibility index (Phi) is 7.21. The van der Waals surface area contributed by atoms with Crippen LogP contribution in [0.15, 0.2) is 36.5 Å². The number of ketones is 1. The molecule has 2 saturated heterocycles. The average Bonchev–Trinajstić information content (AvgIpc) is 3.00. The summed E-state index contributed by atoms with van der Waals surface area (Å²) in [7, 11) is 0. The zero-order valence-electron chi connectivity index (χ0n) is 20.3. The van der Waals surface area contributed by atoms with Crippen molar-refractivity contribution in [3.63, 3.8) is 0 Å². The Labute approximate surface area is 206 Å². The van der Waals surface area contributed by atoms with Crippen molar-refractivity contribution in [2.45, 2.75) is 32.7 Å². The van der Waals surface area contributed by atoms with Crippen molar-refractivity contribution in [2.24, 2.45) is 0 Å². The number of aromatic nitrogens is 2. The summed E-state index contributed by atoms with van der Waals surface area (Å²) < 4.78 is 7.73. The molecule has 35 heavy (non-hydrogen) atoms. The van der Waals surface area contributed by atoms with Gasteiger partial charge in [0.15, 0.2) is 5.78 Å². The Bertz CT molecular complexity index is 1230. The molecule has 2 aliphatic rings. The average molecular weight is 473 g/mol. The van der Waals surface area contributed by atoms with Crippen molar-refractivity contribution in [2.75, 3.05) is 46.2 Å². The maximum Gasteiger partial charge on any atom is 0.180 e. The summed E-state index contributed by atoms with van der Waals surface area (Å²) in [5.74, 6) is 0.119. The van der Waals surface area contributed by atoms with Crippen LogP contribution in [0.4, 0.5) is 0 Å². The summed E-state index contributed by atoms with van der Waals surface area (Å²) in [6.07, 6.45) is 5.43. The number of hydrogen-bond acceptors (Lipinski definition) is 7. The Hall–Kier alpha value is -3.09. The minimum atomic E-state index is 0.119. The summed E-state index contributed by atoms with van der Waals surface area (Å²) in [6, 6.07) is 11.8. The van der Waals surface area contributed by atoms with Gasteiger partial charge >= 0.3 is 0 Å². The number of carbonyl (C=O) groups excluding carboxylic acids is 1. The standard InChI is InChI=1S/C27H32N6O2/c1-20-26(25(34)17-31-10-3-2-4-11-31)27-24(33(20)23-7-5-21(14-28)6-8-23)13-22(15-30-27)16-32-12-9-29-18-35-19-32/h5-8,13,15,29H,2-4,9-12,16-19H2,1H3. The fourth-order valence-electron chi connectivity index (χ4n) is 5.16. The van der Waals surface area contributed by atoms with Gasteiger partial charge < -0.3 is 9.30 Å². The Morgan fingerprint density at radius 3 is 2.71 bits per heavy atom. The number of Topliss-reactive ketones (excluding diaryl/α,β-unsaturated/α-hetero) is 1. The first-order valence-electron chi connectivity index (χ1n) is 12.4. The topological polar surface area (TPSA) is 86.4 Å². The SMILES string of the molecule is Cc1c(C(=O)CN2CCCCC2)c2ncc(CN3CCNCOC3)cc2n1-c1ccc(C#N)cc1. The number of hydrogen-bond donors (Lipinski definition) is 1. The Balaban J connectivity index is 1.55. The van der Waals surface area contributed by atoms with E-state index in [0.717, 1.165) is 73.5 Å². The highest BCUT2D eigenvalue weighted by molar-refractivity contribution is 6.09. The Morgan fingerprint density at radius 1 is 1.14 bits per heavy atom. The molecule has 2 fully saturated rings. The fraction of sp³-hybridized carbons (Fsp3) is 0.444. The third kappa shape index (κ3) is 5.14. The highest BCUT2D eigenvalue weighted by Gasteiger charge is 2.25. The molecule has 0 bridgehead atoms. The molecule has 0 unspecified atom stereocenters. The lowest BCUT2D eigenvalue weighted by Gasteiger charge is -2.25. The molecule has 3 aromatic rings. The van der Waals surface area contributed by atoms with Crippen molar-refractivity contribution < 1.29 is 9.53 Å². The maximum atomic E-state index is 13.6. The van der Waals surface area contributed by atoms with Gasteiger partial charge in [-0.25, -0.2) is 0 Å². The van der Waals surface area contributed by atoms with E-state index < -0.39 is 0 Å². The van der Waals surface area contributed by atoms with Gasteiger partial charge in [0, 0.05) is 37.2 Å². The van der Waals surface area contributed by atoms with Gasteiger partial charge in [-0.1, -0.05) is 6.42 Å². The van der Waals surface area contributed by atoms with Crippen LogP contribution in [0.3, 0.4) is 0 Å². The molecule has 0 atom stereocenters. The van der Waals surface area contributed by atoms with Crippen LogP contribution in [0.1, 0.15) is 46.4 Å². The third-order valence-corrected chi connectivity index (χ3v) is 6.94. The molecule has 2 aliphatic heterocycles. The fourth-order valence-corrected chi connectivity index (χ4v) is 5.16. The van der Waals surface area contributed by atoms with Crippen molar-refractivity contribution in [3.8, 4) is 11.8 Å². The van der Waals surface area contributed by atoms with Crippen molar-refractivity contribution in [1.82, 2.24) is 24.7 Å². The Morgan fingerprint density at radius 2 is 1.94 bits per heavy atom. The number of likely N-dealkylation sites (tertiary alicyclic amines) is 1. The maximum absolute atomic E-state index is 13.6. The third-order valence-electron chi connectivity index (χ3n) is 6.94. The van der Waals surface area contributed by atoms with E-state index in [1.54, 1.807) is 0 Å². The van der Waals surface area contributed by atoms with Crippen molar-refractivity contribution in [3.05, 3.63) is 58.9 Å². The molecule has 2 aromatic heterocycles. The van der Waals surface area contributed by atoms with Gasteiger partial charge in [0.2, 0.25) is 0 Å². The molecule has 0 spiro atoms. The van der Waals surface area contributed by atoms with Crippen LogP contribution in [0.25, 0.3) is 16.7 Å². The molecule has 4 heterocycles. The van der Waals surface area contributed by atoms with E-state index in [4.69, 9.17) is 9.72 Å². The number of benzene rings is 1. The molecule has 0 saturated carbocycles. The first-order chi connectivity index (χ1) is 17.1. The number of rotatable bonds is 6. The minimum absolute atomic E-state index is 0.119. The molecule has 1 aromatic carbocycles. The van der Waals surface area contributed by atoms with Gasteiger partial charge in [0.1, 0.15) is 6.73 Å². The van der Waals surface area contributed by atoms with E-state index in [1.165, 1.54) is 6.42 Å². The minimum Gasteiger partial charge on any atom is -0.351 e. The lowest BCUT2D eigenvalue weighted by atomic mass is 10.1. The van der Waals surface area contributed by atoms with E-state index in [2.05, 4.69) is 31.8 Å².